The fourth-order valence-electron chi connectivity index (χ4n) is 5.09. The Morgan fingerprint density at radius 1 is 0.784 bits per heavy atom. The topological polar surface area (TPSA) is 32.8 Å². The summed E-state index contributed by atoms with van der Waals surface area (Å²) in [7, 11) is 0. The first kappa shape index (κ1) is 24.8. The summed E-state index contributed by atoms with van der Waals surface area (Å²) in [6.45, 7) is 5.49. The Bertz CT molecular complexity index is 1300. The molecule has 1 heterocycles. The zero-order valence-electron chi connectivity index (χ0n) is 21.4. The molecule has 0 aromatic heterocycles. The fourth-order valence-corrected chi connectivity index (χ4v) is 5.09. The molecule has 0 spiro atoms. The minimum absolute atomic E-state index is 0.106. The van der Waals surface area contributed by atoms with Gasteiger partial charge in [0.05, 0.1) is 0 Å². The van der Waals surface area contributed by atoms with E-state index in [0.717, 1.165) is 60.7 Å². The molecule has 1 aliphatic heterocycles. The van der Waals surface area contributed by atoms with E-state index >= 15 is 0 Å². The molecular weight excluding hydrogens is 456 g/mol. The highest BCUT2D eigenvalue weighted by atomic mass is 16.5. The van der Waals surface area contributed by atoms with Gasteiger partial charge in [-0.3, -0.25) is 9.69 Å². The van der Waals surface area contributed by atoms with E-state index in [0.29, 0.717) is 6.54 Å². The lowest BCUT2D eigenvalue weighted by Gasteiger charge is -2.39. The third kappa shape index (κ3) is 6.46. The molecule has 1 amide bonds. The van der Waals surface area contributed by atoms with Gasteiger partial charge in [0.1, 0.15) is 11.5 Å². The molecule has 4 nitrogen and oxygen atoms in total. The van der Waals surface area contributed by atoms with Crippen LogP contribution in [-0.2, 0) is 13.1 Å². The van der Waals surface area contributed by atoms with Gasteiger partial charge < -0.3 is 9.64 Å². The highest BCUT2D eigenvalue weighted by molar-refractivity contribution is 5.95. The average molecular weight is 491 g/mol. The Labute approximate surface area is 220 Å². The molecule has 1 aliphatic rings. The standard InChI is InChI=1S/C33H34N2O2/c1-26-11-8-9-18-32(26)33(36)35(29-19-21-34(22-20-29)24-27-12-4-2-5-13-27)25-28-14-10-17-31(23-28)37-30-15-6-3-7-16-30/h2-18,23,29H,19-22,24-25H2,1H3. The number of rotatable bonds is 8. The third-order valence-electron chi connectivity index (χ3n) is 7.11. The second-order valence-corrected chi connectivity index (χ2v) is 9.80. The van der Waals surface area contributed by atoms with Crippen LogP contribution in [0.25, 0.3) is 0 Å². The number of amides is 1. The number of ether oxygens (including phenoxy) is 1. The maximum absolute atomic E-state index is 13.9. The van der Waals surface area contributed by atoms with Crippen molar-refractivity contribution < 1.29 is 9.53 Å². The van der Waals surface area contributed by atoms with Crippen LogP contribution in [0, 0.1) is 6.92 Å². The Kier molecular flexibility index (Phi) is 7.97. The smallest absolute Gasteiger partial charge is 0.254 e. The molecule has 0 saturated carbocycles. The first-order chi connectivity index (χ1) is 18.2. The van der Waals surface area contributed by atoms with Crippen molar-refractivity contribution in [1.82, 2.24) is 9.80 Å². The highest BCUT2D eigenvalue weighted by Crippen LogP contribution is 2.26. The van der Waals surface area contributed by atoms with Crippen LogP contribution in [0.15, 0.2) is 109 Å². The summed E-state index contributed by atoms with van der Waals surface area (Å²) >= 11 is 0. The number of benzene rings is 4. The number of carbonyl (C=O) groups excluding carboxylic acids is 1. The summed E-state index contributed by atoms with van der Waals surface area (Å²) in [6, 6.07) is 36.6. The molecule has 4 heteroatoms. The predicted molar refractivity (Wildman–Crippen MR) is 149 cm³/mol. The number of carbonyl (C=O) groups is 1. The van der Waals surface area contributed by atoms with E-state index in [1.807, 2.05) is 73.7 Å². The normalized spacial score (nSPS) is 14.3. The molecule has 4 aromatic carbocycles. The molecule has 188 valence electrons. The highest BCUT2D eigenvalue weighted by Gasteiger charge is 2.29. The van der Waals surface area contributed by atoms with Crippen molar-refractivity contribution in [2.75, 3.05) is 13.1 Å². The lowest BCUT2D eigenvalue weighted by atomic mass is 9.99. The van der Waals surface area contributed by atoms with Crippen LogP contribution in [0.4, 0.5) is 0 Å². The van der Waals surface area contributed by atoms with Crippen LogP contribution in [0.5, 0.6) is 11.5 Å². The zero-order chi connectivity index (χ0) is 25.5. The van der Waals surface area contributed by atoms with E-state index < -0.39 is 0 Å². The van der Waals surface area contributed by atoms with E-state index in [9.17, 15) is 4.79 Å². The van der Waals surface area contributed by atoms with Crippen LogP contribution in [0.3, 0.4) is 0 Å². The number of hydrogen-bond acceptors (Lipinski definition) is 3. The SMILES string of the molecule is Cc1ccccc1C(=O)N(Cc1cccc(Oc2ccccc2)c1)C1CCN(Cc2ccccc2)CC1. The van der Waals surface area contributed by atoms with Gasteiger partial charge in [0.2, 0.25) is 0 Å². The minimum Gasteiger partial charge on any atom is -0.457 e. The van der Waals surface area contributed by atoms with Gasteiger partial charge in [0, 0.05) is 37.8 Å². The second kappa shape index (κ2) is 11.9. The lowest BCUT2D eigenvalue weighted by Crippen LogP contribution is -2.47. The monoisotopic (exact) mass is 490 g/mol. The lowest BCUT2D eigenvalue weighted by molar-refractivity contribution is 0.0542. The van der Waals surface area contributed by atoms with Gasteiger partial charge in [0.15, 0.2) is 0 Å². The van der Waals surface area contributed by atoms with E-state index in [4.69, 9.17) is 4.74 Å². The van der Waals surface area contributed by atoms with Crippen molar-refractivity contribution in [3.63, 3.8) is 0 Å². The van der Waals surface area contributed by atoms with Gasteiger partial charge in [-0.1, -0.05) is 78.9 Å². The van der Waals surface area contributed by atoms with Crippen molar-refractivity contribution in [2.45, 2.75) is 38.9 Å². The number of para-hydroxylation sites is 1. The Balaban J connectivity index is 1.33. The minimum atomic E-state index is 0.106. The van der Waals surface area contributed by atoms with Gasteiger partial charge in [-0.15, -0.1) is 0 Å². The van der Waals surface area contributed by atoms with Crippen LogP contribution < -0.4 is 4.74 Å². The van der Waals surface area contributed by atoms with Gasteiger partial charge in [-0.2, -0.15) is 0 Å². The number of nitrogens with zero attached hydrogens (tertiary/aromatic N) is 2. The molecule has 1 fully saturated rings. The molecule has 4 aromatic rings. The Hall–Kier alpha value is -3.89. The molecule has 0 N–H and O–H groups in total. The van der Waals surface area contributed by atoms with Gasteiger partial charge >= 0.3 is 0 Å². The summed E-state index contributed by atoms with van der Waals surface area (Å²) in [6.07, 6.45) is 1.93. The average Bonchev–Trinajstić information content (AvgIpc) is 2.94. The molecule has 0 radical (unpaired) electrons. The number of hydrogen-bond donors (Lipinski definition) is 0. The van der Waals surface area contributed by atoms with Crippen LogP contribution in [-0.4, -0.2) is 34.8 Å². The zero-order valence-corrected chi connectivity index (χ0v) is 21.4. The summed E-state index contributed by atoms with van der Waals surface area (Å²) in [5.41, 5.74) is 4.21. The van der Waals surface area contributed by atoms with Crippen molar-refractivity contribution in [1.29, 1.82) is 0 Å². The van der Waals surface area contributed by atoms with Crippen molar-refractivity contribution in [3.05, 3.63) is 131 Å². The van der Waals surface area contributed by atoms with Gasteiger partial charge in [-0.25, -0.2) is 0 Å². The molecule has 37 heavy (non-hydrogen) atoms. The quantitative estimate of drug-likeness (QED) is 0.264. The van der Waals surface area contributed by atoms with E-state index in [1.54, 1.807) is 0 Å². The summed E-state index contributed by atoms with van der Waals surface area (Å²) in [4.78, 5) is 18.5. The molecule has 5 rings (SSSR count). The summed E-state index contributed by atoms with van der Waals surface area (Å²) in [5, 5.41) is 0. The van der Waals surface area contributed by atoms with E-state index in [-0.39, 0.29) is 11.9 Å². The van der Waals surface area contributed by atoms with Crippen molar-refractivity contribution >= 4 is 5.91 Å². The first-order valence-corrected chi connectivity index (χ1v) is 13.1. The number of aryl methyl sites for hydroxylation is 1. The molecule has 0 aliphatic carbocycles. The van der Waals surface area contributed by atoms with E-state index in [1.165, 1.54) is 5.56 Å². The van der Waals surface area contributed by atoms with E-state index in [2.05, 4.69) is 52.3 Å². The maximum atomic E-state index is 13.9. The number of likely N-dealkylation sites (tertiary alicyclic amines) is 1. The van der Waals surface area contributed by atoms with Crippen LogP contribution in [0.2, 0.25) is 0 Å². The van der Waals surface area contributed by atoms with Crippen molar-refractivity contribution in [3.8, 4) is 11.5 Å². The molecule has 0 bridgehead atoms. The first-order valence-electron chi connectivity index (χ1n) is 13.1. The van der Waals surface area contributed by atoms with Gasteiger partial charge in [0.25, 0.3) is 5.91 Å². The van der Waals surface area contributed by atoms with Crippen LogP contribution in [0.1, 0.15) is 39.9 Å². The summed E-state index contributed by atoms with van der Waals surface area (Å²) in [5.74, 6) is 1.69. The molecule has 1 saturated heterocycles. The number of piperidine rings is 1. The Morgan fingerprint density at radius 2 is 1.41 bits per heavy atom. The van der Waals surface area contributed by atoms with Crippen molar-refractivity contribution in [2.24, 2.45) is 0 Å². The van der Waals surface area contributed by atoms with Gasteiger partial charge in [-0.05, 0) is 66.8 Å². The van der Waals surface area contributed by atoms with Crippen LogP contribution >= 0.6 is 0 Å². The molecule has 0 unspecified atom stereocenters. The molecular formula is C33H34N2O2. The second-order valence-electron chi connectivity index (χ2n) is 9.80. The summed E-state index contributed by atoms with van der Waals surface area (Å²) < 4.78 is 6.07. The third-order valence-corrected chi connectivity index (χ3v) is 7.11. The fraction of sp³-hybridized carbons (Fsp3) is 0.242. The maximum Gasteiger partial charge on any atom is 0.254 e. The Morgan fingerprint density at radius 3 is 2.14 bits per heavy atom. The largest absolute Gasteiger partial charge is 0.457 e. The predicted octanol–water partition coefficient (Wildman–Crippen LogP) is 7.09. The molecule has 0 atom stereocenters.